The van der Waals surface area contributed by atoms with Gasteiger partial charge in [-0.15, -0.1) is 0 Å². The number of hydrogen-bond acceptors (Lipinski definition) is 3. The van der Waals surface area contributed by atoms with Gasteiger partial charge in [0.2, 0.25) is 10.0 Å². The van der Waals surface area contributed by atoms with Crippen LogP contribution in [-0.4, -0.2) is 42.6 Å². The summed E-state index contributed by atoms with van der Waals surface area (Å²) in [6.45, 7) is -0.409. The maximum Gasteiger partial charge on any atom is 0.322 e. The lowest BCUT2D eigenvalue weighted by Crippen LogP contribution is -2.40. The van der Waals surface area contributed by atoms with Crippen molar-refractivity contribution in [1.82, 2.24) is 4.31 Å². The standard InChI is InChI=1S/C11H12FNO4S/c12-8-6-10(11(14)15)13(7-8)18(16,17)9-4-2-1-3-5-9/h1-5,8,10H,6-7H2,(H,14,15)/t8-,10+/m1/s1. The van der Waals surface area contributed by atoms with Crippen molar-refractivity contribution in [1.29, 1.82) is 0 Å². The predicted octanol–water partition coefficient (Wildman–Crippen LogP) is 0.872. The maximum atomic E-state index is 13.3. The van der Waals surface area contributed by atoms with Gasteiger partial charge < -0.3 is 5.11 Å². The molecule has 1 aromatic rings. The minimum atomic E-state index is -3.95. The summed E-state index contributed by atoms with van der Waals surface area (Å²) >= 11 is 0. The molecule has 18 heavy (non-hydrogen) atoms. The molecule has 0 amide bonds. The minimum Gasteiger partial charge on any atom is -0.480 e. The van der Waals surface area contributed by atoms with E-state index >= 15 is 0 Å². The van der Waals surface area contributed by atoms with Gasteiger partial charge >= 0.3 is 5.97 Å². The van der Waals surface area contributed by atoms with E-state index in [9.17, 15) is 17.6 Å². The van der Waals surface area contributed by atoms with E-state index in [0.717, 1.165) is 4.31 Å². The number of benzene rings is 1. The summed E-state index contributed by atoms with van der Waals surface area (Å²) in [5.41, 5.74) is 0. The number of rotatable bonds is 3. The van der Waals surface area contributed by atoms with Crippen LogP contribution in [0.25, 0.3) is 0 Å². The van der Waals surface area contributed by atoms with Crippen molar-refractivity contribution in [3.05, 3.63) is 30.3 Å². The van der Waals surface area contributed by atoms with E-state index in [1.54, 1.807) is 6.07 Å². The molecule has 1 aliphatic rings. The maximum absolute atomic E-state index is 13.3. The van der Waals surface area contributed by atoms with E-state index in [1.807, 2.05) is 0 Å². The van der Waals surface area contributed by atoms with Gasteiger partial charge in [-0.25, -0.2) is 12.8 Å². The summed E-state index contributed by atoms with van der Waals surface area (Å²) in [6.07, 6.45) is -1.74. The highest BCUT2D eigenvalue weighted by Crippen LogP contribution is 2.27. The fraction of sp³-hybridized carbons (Fsp3) is 0.364. The molecule has 0 spiro atoms. The SMILES string of the molecule is O=C(O)[C@@H]1C[C@@H](F)CN1S(=O)(=O)c1ccccc1. The number of nitrogens with zero attached hydrogens (tertiary/aromatic N) is 1. The molecule has 1 fully saturated rings. The fourth-order valence-electron chi connectivity index (χ4n) is 1.97. The number of aliphatic carboxylic acids is 1. The van der Waals surface area contributed by atoms with Gasteiger partial charge in [0.25, 0.3) is 0 Å². The molecule has 2 atom stereocenters. The van der Waals surface area contributed by atoms with Crippen molar-refractivity contribution in [2.75, 3.05) is 6.54 Å². The van der Waals surface area contributed by atoms with Crippen LogP contribution in [0, 0.1) is 0 Å². The molecule has 5 nitrogen and oxygen atoms in total. The van der Waals surface area contributed by atoms with Crippen LogP contribution < -0.4 is 0 Å². The summed E-state index contributed by atoms with van der Waals surface area (Å²) in [7, 11) is -3.95. The number of halogens is 1. The Bertz CT molecular complexity index is 545. The second-order valence-electron chi connectivity index (χ2n) is 4.07. The molecule has 0 bridgehead atoms. The van der Waals surface area contributed by atoms with Crippen LogP contribution in [0.15, 0.2) is 35.2 Å². The summed E-state index contributed by atoms with van der Waals surface area (Å²) in [5, 5.41) is 8.94. The smallest absolute Gasteiger partial charge is 0.322 e. The third kappa shape index (κ3) is 2.23. The van der Waals surface area contributed by atoms with Crippen molar-refractivity contribution in [3.8, 4) is 0 Å². The topological polar surface area (TPSA) is 74.7 Å². The third-order valence-electron chi connectivity index (χ3n) is 2.84. The van der Waals surface area contributed by atoms with Crippen LogP contribution in [0.2, 0.25) is 0 Å². The Hall–Kier alpha value is -1.47. The van der Waals surface area contributed by atoms with Crippen molar-refractivity contribution >= 4 is 16.0 Å². The first-order valence-electron chi connectivity index (χ1n) is 5.36. The lowest BCUT2D eigenvalue weighted by Gasteiger charge is -2.20. The first kappa shape index (κ1) is 13.0. The molecule has 1 saturated heterocycles. The molecule has 0 radical (unpaired) electrons. The van der Waals surface area contributed by atoms with Gasteiger partial charge in [0.15, 0.2) is 0 Å². The van der Waals surface area contributed by atoms with E-state index in [4.69, 9.17) is 5.11 Å². The van der Waals surface area contributed by atoms with Crippen LogP contribution in [-0.2, 0) is 14.8 Å². The molecule has 1 aliphatic heterocycles. The molecule has 0 unspecified atom stereocenters. The first-order chi connectivity index (χ1) is 8.43. The number of carboxylic acids is 1. The molecule has 1 N–H and O–H groups in total. The van der Waals surface area contributed by atoms with E-state index in [-0.39, 0.29) is 11.3 Å². The zero-order valence-corrected chi connectivity index (χ0v) is 10.2. The average Bonchev–Trinajstić information content (AvgIpc) is 2.73. The van der Waals surface area contributed by atoms with Crippen LogP contribution >= 0.6 is 0 Å². The van der Waals surface area contributed by atoms with Crippen molar-refractivity contribution in [2.45, 2.75) is 23.5 Å². The van der Waals surface area contributed by atoms with E-state index in [2.05, 4.69) is 0 Å². The third-order valence-corrected chi connectivity index (χ3v) is 4.73. The van der Waals surface area contributed by atoms with Crippen molar-refractivity contribution in [3.63, 3.8) is 0 Å². The number of hydrogen-bond donors (Lipinski definition) is 1. The average molecular weight is 273 g/mol. The zero-order chi connectivity index (χ0) is 13.3. The van der Waals surface area contributed by atoms with Gasteiger partial charge in [0.1, 0.15) is 12.2 Å². The monoisotopic (exact) mass is 273 g/mol. The Morgan fingerprint density at radius 2 is 1.94 bits per heavy atom. The number of carbonyl (C=O) groups is 1. The molecule has 1 aromatic carbocycles. The first-order valence-corrected chi connectivity index (χ1v) is 6.80. The Kier molecular flexibility index (Phi) is 3.36. The lowest BCUT2D eigenvalue weighted by molar-refractivity contribution is -0.140. The van der Waals surface area contributed by atoms with Crippen LogP contribution in [0.1, 0.15) is 6.42 Å². The molecule has 0 aliphatic carbocycles. The molecule has 0 saturated carbocycles. The van der Waals surface area contributed by atoms with Gasteiger partial charge in [-0.2, -0.15) is 4.31 Å². The molecule has 7 heteroatoms. The number of sulfonamides is 1. The Morgan fingerprint density at radius 3 is 2.50 bits per heavy atom. The minimum absolute atomic E-state index is 0.0228. The van der Waals surface area contributed by atoms with Crippen LogP contribution in [0.4, 0.5) is 4.39 Å². The Labute approximate surface area is 104 Å². The summed E-state index contributed by atoms with van der Waals surface area (Å²) in [4.78, 5) is 10.9. The Balaban J connectivity index is 2.38. The largest absolute Gasteiger partial charge is 0.480 e. The molecule has 1 heterocycles. The van der Waals surface area contributed by atoms with Crippen LogP contribution in [0.5, 0.6) is 0 Å². The number of alkyl halides is 1. The highest BCUT2D eigenvalue weighted by Gasteiger charge is 2.44. The molecule has 0 aromatic heterocycles. The van der Waals surface area contributed by atoms with Gasteiger partial charge in [-0.3, -0.25) is 4.79 Å². The Morgan fingerprint density at radius 1 is 1.33 bits per heavy atom. The predicted molar refractivity (Wildman–Crippen MR) is 61.3 cm³/mol. The fourth-order valence-corrected chi connectivity index (χ4v) is 3.62. The number of carboxylic acid groups (broad SMARTS) is 1. The van der Waals surface area contributed by atoms with Gasteiger partial charge in [0, 0.05) is 13.0 Å². The molecular formula is C11H12FNO4S. The van der Waals surface area contributed by atoms with E-state index in [0.29, 0.717) is 0 Å². The summed E-state index contributed by atoms with van der Waals surface area (Å²) < 4.78 is 38.4. The van der Waals surface area contributed by atoms with Gasteiger partial charge in [0.05, 0.1) is 4.90 Å². The summed E-state index contributed by atoms with van der Waals surface area (Å²) in [5.74, 6) is -1.32. The summed E-state index contributed by atoms with van der Waals surface area (Å²) in [6, 6.07) is 6.11. The molecule has 98 valence electrons. The zero-order valence-electron chi connectivity index (χ0n) is 9.36. The second-order valence-corrected chi connectivity index (χ2v) is 5.97. The highest BCUT2D eigenvalue weighted by atomic mass is 32.2. The molecular weight excluding hydrogens is 261 g/mol. The lowest BCUT2D eigenvalue weighted by atomic mass is 10.2. The van der Waals surface area contributed by atoms with E-state index < -0.39 is 34.8 Å². The highest BCUT2D eigenvalue weighted by molar-refractivity contribution is 7.89. The van der Waals surface area contributed by atoms with Gasteiger partial charge in [-0.05, 0) is 12.1 Å². The molecule has 2 rings (SSSR count). The quantitative estimate of drug-likeness (QED) is 0.886. The normalized spacial score (nSPS) is 25.2. The van der Waals surface area contributed by atoms with Gasteiger partial charge in [-0.1, -0.05) is 18.2 Å². The van der Waals surface area contributed by atoms with Crippen LogP contribution in [0.3, 0.4) is 0 Å². The second kappa shape index (κ2) is 4.66. The van der Waals surface area contributed by atoms with E-state index in [1.165, 1.54) is 24.3 Å². The van der Waals surface area contributed by atoms with Crippen molar-refractivity contribution in [2.24, 2.45) is 0 Å². The van der Waals surface area contributed by atoms with Crippen molar-refractivity contribution < 1.29 is 22.7 Å².